The van der Waals surface area contributed by atoms with Crippen molar-refractivity contribution in [2.45, 2.75) is 32.6 Å². The molecule has 6 heteroatoms. The molecule has 0 saturated heterocycles. The number of aryl methyl sites for hydroxylation is 1. The maximum atomic E-state index is 4.41. The first-order valence-electron chi connectivity index (χ1n) is 5.74. The molecular formula is C10H14N6. The maximum absolute atomic E-state index is 4.41. The first kappa shape index (κ1) is 9.50. The van der Waals surface area contributed by atoms with Gasteiger partial charge >= 0.3 is 0 Å². The second-order valence-corrected chi connectivity index (χ2v) is 4.04. The summed E-state index contributed by atoms with van der Waals surface area (Å²) in [7, 11) is 0. The number of aromatic nitrogens is 5. The fourth-order valence-corrected chi connectivity index (χ4v) is 2.31. The molecule has 0 unspecified atom stereocenters. The van der Waals surface area contributed by atoms with Crippen LogP contribution in [-0.2, 0) is 12.8 Å². The Bertz CT molecular complexity index is 517. The lowest BCUT2D eigenvalue weighted by molar-refractivity contribution is 0.664. The van der Waals surface area contributed by atoms with Crippen LogP contribution in [0.3, 0.4) is 0 Å². The summed E-state index contributed by atoms with van der Waals surface area (Å²) in [5.74, 6) is 0.942. The number of hydrogen-bond acceptors (Lipinski definition) is 5. The Morgan fingerprint density at radius 3 is 2.88 bits per heavy atom. The van der Waals surface area contributed by atoms with Gasteiger partial charge in [0.1, 0.15) is 0 Å². The molecule has 0 bridgehead atoms. The molecule has 1 N–H and O–H groups in total. The predicted molar refractivity (Wildman–Crippen MR) is 59.4 cm³/mol. The summed E-state index contributed by atoms with van der Waals surface area (Å²) in [6, 6.07) is 0. The van der Waals surface area contributed by atoms with Crippen LogP contribution in [0.1, 0.15) is 30.9 Å². The summed E-state index contributed by atoms with van der Waals surface area (Å²) in [5.41, 5.74) is 3.38. The Morgan fingerprint density at radius 2 is 2.06 bits per heavy atom. The van der Waals surface area contributed by atoms with Crippen LogP contribution in [0.15, 0.2) is 0 Å². The van der Waals surface area contributed by atoms with Gasteiger partial charge in [-0.3, -0.25) is 0 Å². The molecule has 0 atom stereocenters. The molecule has 0 spiro atoms. The quantitative estimate of drug-likeness (QED) is 0.808. The van der Waals surface area contributed by atoms with Gasteiger partial charge in [-0.2, -0.15) is 0 Å². The maximum Gasteiger partial charge on any atom is 0.203 e. The van der Waals surface area contributed by atoms with Gasteiger partial charge in [0.05, 0.1) is 0 Å². The van der Waals surface area contributed by atoms with Gasteiger partial charge in [0, 0.05) is 17.7 Å². The predicted octanol–water partition coefficient (Wildman–Crippen LogP) is 0.830. The highest BCUT2D eigenvalue weighted by Gasteiger charge is 2.19. The molecule has 1 aliphatic rings. The van der Waals surface area contributed by atoms with Gasteiger partial charge in [-0.15, -0.1) is 14.8 Å². The van der Waals surface area contributed by atoms with Crippen LogP contribution < -0.4 is 5.32 Å². The average Bonchev–Trinajstić information content (AvgIpc) is 2.78. The largest absolute Gasteiger partial charge is 0.369 e. The number of hydrogen-bond donors (Lipinski definition) is 1. The van der Waals surface area contributed by atoms with Crippen molar-refractivity contribution in [2.75, 3.05) is 11.9 Å². The van der Waals surface area contributed by atoms with Crippen LogP contribution >= 0.6 is 0 Å². The van der Waals surface area contributed by atoms with Gasteiger partial charge < -0.3 is 5.32 Å². The number of rotatable bonds is 2. The lowest BCUT2D eigenvalue weighted by Crippen LogP contribution is -2.14. The van der Waals surface area contributed by atoms with Gasteiger partial charge in [0.15, 0.2) is 5.82 Å². The Morgan fingerprint density at radius 1 is 1.25 bits per heavy atom. The van der Waals surface area contributed by atoms with Gasteiger partial charge in [-0.25, -0.2) is 0 Å². The zero-order valence-electron chi connectivity index (χ0n) is 9.27. The molecule has 0 saturated carbocycles. The van der Waals surface area contributed by atoms with E-state index in [0.29, 0.717) is 0 Å². The van der Waals surface area contributed by atoms with E-state index in [1.165, 1.54) is 28.6 Å². The molecule has 6 nitrogen and oxygen atoms in total. The minimum Gasteiger partial charge on any atom is -0.369 e. The Kier molecular flexibility index (Phi) is 2.19. The van der Waals surface area contributed by atoms with E-state index in [-0.39, 0.29) is 0 Å². The molecule has 0 aromatic carbocycles. The van der Waals surface area contributed by atoms with Crippen LogP contribution in [0.25, 0.3) is 5.65 Å². The molecule has 0 fully saturated rings. The van der Waals surface area contributed by atoms with Crippen LogP contribution in [0.5, 0.6) is 0 Å². The van der Waals surface area contributed by atoms with Crippen LogP contribution in [-0.4, -0.2) is 31.8 Å². The minimum absolute atomic E-state index is 0.816. The normalized spacial score (nSPS) is 15.1. The van der Waals surface area contributed by atoms with E-state index in [9.17, 15) is 0 Å². The van der Waals surface area contributed by atoms with Crippen molar-refractivity contribution in [3.05, 3.63) is 11.1 Å². The molecule has 0 amide bonds. The second-order valence-electron chi connectivity index (χ2n) is 4.04. The molecule has 0 aliphatic heterocycles. The van der Waals surface area contributed by atoms with Crippen molar-refractivity contribution in [3.63, 3.8) is 0 Å². The topological polar surface area (TPSA) is 68.0 Å². The average molecular weight is 218 g/mol. The fraction of sp³-hybridized carbons (Fsp3) is 0.600. The van der Waals surface area contributed by atoms with Crippen molar-refractivity contribution in [1.82, 2.24) is 25.3 Å². The van der Waals surface area contributed by atoms with E-state index in [0.717, 1.165) is 30.9 Å². The minimum atomic E-state index is 0.816. The number of anilines is 1. The molecule has 2 aromatic rings. The Hall–Kier alpha value is -1.72. The molecule has 1 aliphatic carbocycles. The lowest BCUT2D eigenvalue weighted by atomic mass is 9.93. The Balaban J connectivity index is 2.24. The van der Waals surface area contributed by atoms with Crippen LogP contribution in [0, 0.1) is 0 Å². The van der Waals surface area contributed by atoms with Gasteiger partial charge in [0.2, 0.25) is 5.65 Å². The molecular weight excluding hydrogens is 204 g/mol. The number of fused-ring (bicyclic) bond motifs is 3. The monoisotopic (exact) mass is 218 g/mol. The summed E-state index contributed by atoms with van der Waals surface area (Å²) in [6.07, 6.45) is 4.57. The van der Waals surface area contributed by atoms with E-state index in [1.807, 2.05) is 0 Å². The summed E-state index contributed by atoms with van der Waals surface area (Å²) in [5, 5.41) is 19.3. The Labute approximate surface area is 93.0 Å². The standard InChI is InChI=1S/C10H14N6/c1-2-11-9-7-5-3-4-6-8(7)10-12-14-15-16(10)13-9/h2-6H2,1H3,(H,11,13). The highest BCUT2D eigenvalue weighted by atomic mass is 15.6. The van der Waals surface area contributed by atoms with Crippen molar-refractivity contribution in [2.24, 2.45) is 0 Å². The van der Waals surface area contributed by atoms with E-state index >= 15 is 0 Å². The molecule has 16 heavy (non-hydrogen) atoms. The fourth-order valence-electron chi connectivity index (χ4n) is 2.31. The highest BCUT2D eigenvalue weighted by Crippen LogP contribution is 2.28. The van der Waals surface area contributed by atoms with Gasteiger partial charge in [-0.1, -0.05) is 0 Å². The van der Waals surface area contributed by atoms with Crippen molar-refractivity contribution in [3.8, 4) is 0 Å². The smallest absolute Gasteiger partial charge is 0.203 e. The summed E-state index contributed by atoms with van der Waals surface area (Å²) in [4.78, 5) is 0. The first-order chi connectivity index (χ1) is 7.90. The summed E-state index contributed by atoms with van der Waals surface area (Å²) in [6.45, 7) is 2.94. The van der Waals surface area contributed by atoms with Crippen LogP contribution in [0.2, 0.25) is 0 Å². The van der Waals surface area contributed by atoms with Crippen molar-refractivity contribution < 1.29 is 0 Å². The van der Waals surface area contributed by atoms with Gasteiger partial charge in [-0.05, 0) is 43.0 Å². The third kappa shape index (κ3) is 1.33. The van der Waals surface area contributed by atoms with Crippen molar-refractivity contribution >= 4 is 11.5 Å². The highest BCUT2D eigenvalue weighted by molar-refractivity contribution is 5.59. The zero-order chi connectivity index (χ0) is 11.0. The molecule has 3 rings (SSSR count). The van der Waals surface area contributed by atoms with Crippen molar-refractivity contribution in [1.29, 1.82) is 0 Å². The molecule has 0 radical (unpaired) electrons. The van der Waals surface area contributed by atoms with E-state index < -0.39 is 0 Å². The molecule has 84 valence electrons. The number of tetrazole rings is 1. The van der Waals surface area contributed by atoms with E-state index in [4.69, 9.17) is 0 Å². The number of nitrogens with one attached hydrogen (secondary N) is 1. The van der Waals surface area contributed by atoms with Crippen LogP contribution in [0.4, 0.5) is 5.82 Å². The summed E-state index contributed by atoms with van der Waals surface area (Å²) >= 11 is 0. The molecule has 2 heterocycles. The van der Waals surface area contributed by atoms with Gasteiger partial charge in [0.25, 0.3) is 0 Å². The second kappa shape index (κ2) is 3.70. The first-order valence-corrected chi connectivity index (χ1v) is 5.74. The van der Waals surface area contributed by atoms with E-state index in [2.05, 4.69) is 32.9 Å². The molecule has 2 aromatic heterocycles. The number of nitrogens with zero attached hydrogens (tertiary/aromatic N) is 5. The summed E-state index contributed by atoms with van der Waals surface area (Å²) < 4.78 is 1.53. The third-order valence-electron chi connectivity index (χ3n) is 3.02. The lowest BCUT2D eigenvalue weighted by Gasteiger charge is -2.18. The SMILES string of the molecule is CCNc1nn2nnnc2c2c1CCCC2. The zero-order valence-corrected chi connectivity index (χ0v) is 9.27. The third-order valence-corrected chi connectivity index (χ3v) is 3.02. The van der Waals surface area contributed by atoms with E-state index in [1.54, 1.807) is 0 Å².